The van der Waals surface area contributed by atoms with E-state index in [0.717, 1.165) is 0 Å². The van der Waals surface area contributed by atoms with Gasteiger partial charge in [-0.2, -0.15) is 0 Å². The summed E-state index contributed by atoms with van der Waals surface area (Å²) in [5.74, 6) is 0. The van der Waals surface area contributed by atoms with Crippen LogP contribution in [0, 0.1) is 0 Å². The van der Waals surface area contributed by atoms with E-state index >= 15 is 0 Å². The van der Waals surface area contributed by atoms with Crippen molar-refractivity contribution in [2.24, 2.45) is 5.73 Å². The van der Waals surface area contributed by atoms with E-state index < -0.39 is 5.24 Å². The van der Waals surface area contributed by atoms with Gasteiger partial charge in [-0.15, -0.1) is 0 Å². The molecule has 0 aliphatic rings. The summed E-state index contributed by atoms with van der Waals surface area (Å²) in [6, 6.07) is 0. The molecule has 0 spiro atoms. The van der Waals surface area contributed by atoms with Crippen molar-refractivity contribution < 1.29 is 29.9 Å². The molecule has 0 aromatic carbocycles. The summed E-state index contributed by atoms with van der Waals surface area (Å²) in [4.78, 5) is 20.4. The van der Waals surface area contributed by atoms with Gasteiger partial charge in [-0.1, -0.05) is 25.3 Å². The molecule has 2 N–H and O–H groups in total. The number of hydrogen-bond acceptors (Lipinski definition) is 2. The molecular weight excluding hydrogens is 179 g/mol. The third-order valence-corrected chi connectivity index (χ3v) is 0.783. The molecule has 7 heteroatoms. The second-order valence-corrected chi connectivity index (χ2v) is 2.34. The number of carbonyl (C=O) groups is 2. The van der Waals surface area contributed by atoms with Gasteiger partial charge >= 0.3 is 18.9 Å². The molecule has 0 unspecified atom stereocenters. The number of rotatable bonds is 0. The summed E-state index contributed by atoms with van der Waals surface area (Å²) >= 11 is 6.58. The van der Waals surface area contributed by atoms with Crippen LogP contribution in [0.4, 0.5) is 9.59 Å². The Kier molecular flexibility index (Phi) is 16.2. The zero-order valence-electron chi connectivity index (χ0n) is 7.74. The number of hydrogen-bond donors (Lipinski definition) is 3. The summed E-state index contributed by atoms with van der Waals surface area (Å²) in [6.45, 7) is 0. The van der Waals surface area contributed by atoms with Gasteiger partial charge in [0.25, 0.3) is 10.5 Å². The molecule has 0 aromatic rings. The van der Waals surface area contributed by atoms with Gasteiger partial charge in [0.2, 0.25) is 0 Å². The number of nitrogens with zero attached hydrogens (tertiary/aromatic N) is 1. The molecule has 4 nitrogen and oxygen atoms in total. The maximum atomic E-state index is 9.93. The number of amides is 2. The Morgan fingerprint density at radius 2 is 1.45 bits per heavy atom. The Hall–Kier alpha value is 0.237. The fourth-order valence-electron chi connectivity index (χ4n) is 0. The van der Waals surface area contributed by atoms with E-state index in [-0.39, 0.29) is 25.5 Å². The van der Waals surface area contributed by atoms with Crippen LogP contribution < -0.4 is 24.6 Å². The van der Waals surface area contributed by atoms with Crippen molar-refractivity contribution in [3.63, 3.8) is 0 Å². The summed E-state index contributed by atoms with van der Waals surface area (Å²) in [6.07, 6.45) is 0. The third-order valence-electron chi connectivity index (χ3n) is 0.383. The minimum absolute atomic E-state index is 0. The van der Waals surface area contributed by atoms with E-state index in [2.05, 4.69) is 31.0 Å². The molecule has 0 radical (unpaired) electrons. The van der Waals surface area contributed by atoms with E-state index in [9.17, 15) is 4.79 Å². The summed E-state index contributed by atoms with van der Waals surface area (Å²) in [7, 11) is 3.30. The van der Waals surface area contributed by atoms with Gasteiger partial charge in [-0.05, 0) is 0 Å². The van der Waals surface area contributed by atoms with Crippen LogP contribution in [-0.2, 0) is 0 Å². The molecule has 0 bridgehead atoms. The van der Waals surface area contributed by atoms with Gasteiger partial charge in [0.15, 0.2) is 0 Å². The predicted molar refractivity (Wildman–Crippen MR) is 47.8 cm³/mol. The van der Waals surface area contributed by atoms with Gasteiger partial charge in [0.05, 0.1) is 0 Å². The maximum Gasteiger partial charge on any atom is 1.00 e. The van der Waals surface area contributed by atoms with Crippen molar-refractivity contribution in [2.45, 2.75) is 0 Å². The molecule has 0 aliphatic heterocycles. The summed E-state index contributed by atoms with van der Waals surface area (Å²) in [5, 5.41) is -0.852. The Labute approximate surface area is 90.4 Å². The average molecular weight is 190 g/mol. The Bertz CT molecular complexity index is 132. The van der Waals surface area contributed by atoms with Crippen LogP contribution in [0.1, 0.15) is 1.43 Å². The first-order chi connectivity index (χ1) is 4.37. The van der Waals surface area contributed by atoms with Crippen molar-refractivity contribution in [3.8, 4) is 0 Å². The van der Waals surface area contributed by atoms with Crippen LogP contribution in [0.25, 0.3) is 0 Å². The van der Waals surface area contributed by atoms with E-state index in [0.29, 0.717) is 0 Å². The first-order valence-electron chi connectivity index (χ1n) is 2.26. The molecule has 0 aliphatic carbocycles. The molecular formula is C4H11LiN2O2S2. The summed E-state index contributed by atoms with van der Waals surface area (Å²) < 4.78 is 0. The molecule has 11 heavy (non-hydrogen) atoms. The van der Waals surface area contributed by atoms with Crippen molar-refractivity contribution in [1.29, 1.82) is 0 Å². The Morgan fingerprint density at radius 1 is 1.36 bits per heavy atom. The van der Waals surface area contributed by atoms with Crippen LogP contribution in [0.5, 0.6) is 0 Å². The smallest absolute Gasteiger partial charge is 1.00 e. The van der Waals surface area contributed by atoms with Crippen molar-refractivity contribution in [1.82, 2.24) is 4.90 Å². The maximum absolute atomic E-state index is 9.93. The summed E-state index contributed by atoms with van der Waals surface area (Å²) in [5.41, 5.74) is 4.34. The normalized spacial score (nSPS) is 6.55. The molecule has 0 fully saturated rings. The van der Waals surface area contributed by atoms with Crippen LogP contribution in [-0.4, -0.2) is 29.5 Å². The van der Waals surface area contributed by atoms with Gasteiger partial charge in [0.1, 0.15) is 0 Å². The van der Waals surface area contributed by atoms with Crippen molar-refractivity contribution in [2.75, 3.05) is 14.1 Å². The van der Waals surface area contributed by atoms with Crippen molar-refractivity contribution in [3.05, 3.63) is 0 Å². The standard InChI is InChI=1S/C3H7NOS.CH3NOS.Li.H/c1-4(2)3(5)6;2-1(3)4;;/h1-2H3,(H,5,6);(H3,2,3,4);;/q;;+1;-1. The molecule has 0 aromatic heterocycles. The zero-order valence-corrected chi connectivity index (χ0v) is 8.52. The first-order valence-corrected chi connectivity index (χ1v) is 3.16. The van der Waals surface area contributed by atoms with Crippen LogP contribution in [0.3, 0.4) is 0 Å². The molecule has 62 valence electrons. The van der Waals surface area contributed by atoms with E-state index in [4.69, 9.17) is 4.79 Å². The minimum Gasteiger partial charge on any atom is -1.00 e. The molecule has 0 rings (SSSR count). The molecule has 0 heterocycles. The van der Waals surface area contributed by atoms with E-state index in [1.807, 2.05) is 0 Å². The van der Waals surface area contributed by atoms with Crippen molar-refractivity contribution >= 4 is 35.7 Å². The fraction of sp³-hybridized carbons (Fsp3) is 0.500. The fourth-order valence-corrected chi connectivity index (χ4v) is 0. The minimum atomic E-state index is -0.639. The molecule has 2 amide bonds. The van der Waals surface area contributed by atoms with Crippen LogP contribution in [0.15, 0.2) is 0 Å². The third kappa shape index (κ3) is 38.7. The predicted octanol–water partition coefficient (Wildman–Crippen LogP) is -2.29. The molecule has 0 atom stereocenters. The quantitative estimate of drug-likeness (QED) is 0.297. The van der Waals surface area contributed by atoms with Gasteiger partial charge in [-0.3, -0.25) is 9.59 Å². The largest absolute Gasteiger partial charge is 1.00 e. The van der Waals surface area contributed by atoms with Gasteiger partial charge < -0.3 is 12.1 Å². The SMILES string of the molecule is CN(C)C(=O)S.NC(=O)S.[H-].[Li+]. The first kappa shape index (κ1) is 17.4. The number of thiol groups is 2. The van der Waals surface area contributed by atoms with Gasteiger partial charge in [0, 0.05) is 14.1 Å². The zero-order chi connectivity index (χ0) is 8.73. The molecule has 0 saturated carbocycles. The second kappa shape index (κ2) is 10.2. The molecule has 0 saturated heterocycles. The number of nitrogens with two attached hydrogens (primary N) is 1. The Balaban J connectivity index is -0.0000000483. The van der Waals surface area contributed by atoms with E-state index in [1.165, 1.54) is 4.90 Å². The average Bonchev–Trinajstić information content (AvgIpc) is 1.63. The Morgan fingerprint density at radius 3 is 1.45 bits per heavy atom. The van der Waals surface area contributed by atoms with Crippen LogP contribution in [0.2, 0.25) is 0 Å². The van der Waals surface area contributed by atoms with Crippen LogP contribution >= 0.6 is 25.3 Å². The number of carbonyl (C=O) groups excluding carboxylic acids is 2. The topological polar surface area (TPSA) is 63.4 Å². The number of primary amides is 1. The monoisotopic (exact) mass is 190 g/mol. The van der Waals surface area contributed by atoms with E-state index in [1.54, 1.807) is 14.1 Å². The second-order valence-electron chi connectivity index (χ2n) is 1.52. The van der Waals surface area contributed by atoms with Gasteiger partial charge in [-0.25, -0.2) is 0 Å².